The van der Waals surface area contributed by atoms with Crippen molar-refractivity contribution in [3.05, 3.63) is 67.6 Å². The minimum atomic E-state index is -0.190. The molecule has 0 N–H and O–H groups in total. The first-order valence-corrected chi connectivity index (χ1v) is 11.5. The molecule has 0 fully saturated rings. The first kappa shape index (κ1) is 23.5. The zero-order chi connectivity index (χ0) is 22.6. The molecule has 31 heavy (non-hydrogen) atoms. The Balaban J connectivity index is 1.95. The molecular weight excluding hydrogens is 478 g/mol. The molecule has 3 rings (SSSR count). The summed E-state index contributed by atoms with van der Waals surface area (Å²) in [5, 5.41) is 5.50. The van der Waals surface area contributed by atoms with Gasteiger partial charge in [0.1, 0.15) is 11.6 Å². The first-order valence-electron chi connectivity index (χ1n) is 10.4. The molecule has 0 radical (unpaired) electrons. The van der Waals surface area contributed by atoms with Crippen molar-refractivity contribution >= 4 is 44.6 Å². The van der Waals surface area contributed by atoms with E-state index in [1.807, 2.05) is 24.3 Å². The molecule has 0 spiro atoms. The number of hydrogen-bond donors (Lipinski definition) is 0. The highest BCUT2D eigenvalue weighted by Gasteiger charge is 2.13. The van der Waals surface area contributed by atoms with Gasteiger partial charge >= 0.3 is 0 Å². The molecule has 0 saturated carbocycles. The van der Waals surface area contributed by atoms with Crippen molar-refractivity contribution < 1.29 is 4.74 Å². The molecule has 0 bridgehead atoms. The fourth-order valence-corrected chi connectivity index (χ4v) is 3.55. The summed E-state index contributed by atoms with van der Waals surface area (Å²) in [6.07, 6.45) is 4.23. The van der Waals surface area contributed by atoms with E-state index in [0.29, 0.717) is 40.5 Å². The Hall–Kier alpha value is -2.18. The van der Waals surface area contributed by atoms with E-state index in [1.165, 1.54) is 4.68 Å². The summed E-state index contributed by atoms with van der Waals surface area (Å²) < 4.78 is 8.03. The summed E-state index contributed by atoms with van der Waals surface area (Å²) in [4.78, 5) is 17.8. The second kappa shape index (κ2) is 9.96. The van der Waals surface area contributed by atoms with E-state index in [1.54, 1.807) is 18.3 Å². The molecule has 2 aromatic carbocycles. The van der Waals surface area contributed by atoms with Crippen LogP contribution >= 0.6 is 27.5 Å². The maximum Gasteiger partial charge on any atom is 0.282 e. The van der Waals surface area contributed by atoms with E-state index in [4.69, 9.17) is 16.3 Å². The Morgan fingerprint density at radius 3 is 2.68 bits per heavy atom. The molecule has 0 aliphatic rings. The number of fused-ring (bicyclic) bond motifs is 1. The van der Waals surface area contributed by atoms with E-state index in [9.17, 15) is 4.79 Å². The number of nitrogens with zero attached hydrogens (tertiary/aromatic N) is 3. The second-order valence-electron chi connectivity index (χ2n) is 8.69. The second-order valence-corrected chi connectivity index (χ2v) is 10.0. The maximum absolute atomic E-state index is 13.1. The van der Waals surface area contributed by atoms with Crippen LogP contribution < -0.4 is 10.3 Å². The summed E-state index contributed by atoms with van der Waals surface area (Å²) in [5.41, 5.74) is 1.30. The Morgan fingerprint density at radius 1 is 1.23 bits per heavy atom. The lowest BCUT2D eigenvalue weighted by atomic mass is 9.99. The lowest BCUT2D eigenvalue weighted by Crippen LogP contribution is -2.22. The van der Waals surface area contributed by atoms with Crippen LogP contribution in [0.25, 0.3) is 10.9 Å². The third-order valence-corrected chi connectivity index (χ3v) is 5.36. The lowest BCUT2D eigenvalue weighted by molar-refractivity contribution is 0.198. The van der Waals surface area contributed by atoms with Gasteiger partial charge in [0.15, 0.2) is 0 Å². The number of unbranched alkanes of at least 4 members (excludes halogenated alkanes) is 1. The van der Waals surface area contributed by atoms with Gasteiger partial charge in [-0.05, 0) is 53.8 Å². The number of aromatic nitrogens is 2. The average Bonchev–Trinajstić information content (AvgIpc) is 2.71. The van der Waals surface area contributed by atoms with Crippen LogP contribution in [-0.2, 0) is 6.42 Å². The molecule has 5 nitrogen and oxygen atoms in total. The number of rotatable bonds is 7. The fraction of sp³-hybridized carbons (Fsp3) is 0.375. The molecule has 7 heteroatoms. The zero-order valence-electron chi connectivity index (χ0n) is 18.3. The molecule has 0 saturated heterocycles. The minimum absolute atomic E-state index is 0.0393. The maximum atomic E-state index is 13.1. The van der Waals surface area contributed by atoms with Crippen LogP contribution in [0.15, 0.2) is 50.8 Å². The monoisotopic (exact) mass is 503 g/mol. The topological polar surface area (TPSA) is 56.5 Å². The van der Waals surface area contributed by atoms with Crippen LogP contribution in [0.4, 0.5) is 0 Å². The summed E-state index contributed by atoms with van der Waals surface area (Å²) in [5.74, 6) is 1.28. The molecule has 0 aliphatic carbocycles. The van der Waals surface area contributed by atoms with Crippen molar-refractivity contribution in [3.63, 3.8) is 0 Å². The molecule has 0 unspecified atom stereocenters. The predicted octanol–water partition coefficient (Wildman–Crippen LogP) is 6.46. The Kier molecular flexibility index (Phi) is 7.55. The molecule has 0 aliphatic heterocycles. The molecule has 0 atom stereocenters. The van der Waals surface area contributed by atoms with Crippen molar-refractivity contribution in [2.24, 2.45) is 10.5 Å². The van der Waals surface area contributed by atoms with Crippen LogP contribution in [0.2, 0.25) is 5.02 Å². The SMILES string of the molecule is CCCCc1nc2ccc(Br)cc2c(=O)n1N=Cc1ccc(OCC(C)(C)C)c(Cl)c1. The number of aryl methyl sites for hydroxylation is 1. The molecule has 1 aromatic heterocycles. The van der Waals surface area contributed by atoms with Crippen LogP contribution in [0, 0.1) is 5.41 Å². The fourth-order valence-electron chi connectivity index (χ4n) is 2.94. The third-order valence-electron chi connectivity index (χ3n) is 4.57. The summed E-state index contributed by atoms with van der Waals surface area (Å²) in [7, 11) is 0. The lowest BCUT2D eigenvalue weighted by Gasteiger charge is -2.19. The van der Waals surface area contributed by atoms with Crippen molar-refractivity contribution in [1.29, 1.82) is 0 Å². The van der Waals surface area contributed by atoms with Crippen LogP contribution in [0.1, 0.15) is 51.9 Å². The van der Waals surface area contributed by atoms with E-state index in [-0.39, 0.29) is 11.0 Å². The van der Waals surface area contributed by atoms with Gasteiger partial charge in [0, 0.05) is 10.9 Å². The van der Waals surface area contributed by atoms with Crippen molar-refractivity contribution in [3.8, 4) is 5.75 Å². The van der Waals surface area contributed by atoms with E-state index < -0.39 is 0 Å². The van der Waals surface area contributed by atoms with Crippen molar-refractivity contribution in [2.45, 2.75) is 47.0 Å². The Morgan fingerprint density at radius 2 is 2.00 bits per heavy atom. The number of halogens is 2. The van der Waals surface area contributed by atoms with Crippen molar-refractivity contribution in [1.82, 2.24) is 9.66 Å². The van der Waals surface area contributed by atoms with Gasteiger partial charge in [-0.2, -0.15) is 9.78 Å². The smallest absolute Gasteiger partial charge is 0.282 e. The molecular formula is C24H27BrClN3O2. The highest BCUT2D eigenvalue weighted by molar-refractivity contribution is 9.10. The van der Waals surface area contributed by atoms with Crippen LogP contribution in [0.3, 0.4) is 0 Å². The van der Waals surface area contributed by atoms with Crippen molar-refractivity contribution in [2.75, 3.05) is 6.61 Å². The largest absolute Gasteiger partial charge is 0.491 e. The van der Waals surface area contributed by atoms with Crippen LogP contribution in [0.5, 0.6) is 5.75 Å². The van der Waals surface area contributed by atoms with E-state index >= 15 is 0 Å². The van der Waals surface area contributed by atoms with Crippen LogP contribution in [-0.4, -0.2) is 22.5 Å². The van der Waals surface area contributed by atoms with Gasteiger partial charge in [-0.1, -0.05) is 61.6 Å². The zero-order valence-corrected chi connectivity index (χ0v) is 20.6. The summed E-state index contributed by atoms with van der Waals surface area (Å²) in [6, 6.07) is 11.0. The highest BCUT2D eigenvalue weighted by Crippen LogP contribution is 2.27. The Labute approximate surface area is 196 Å². The Bertz CT molecular complexity index is 1170. The summed E-state index contributed by atoms with van der Waals surface area (Å²) in [6.45, 7) is 8.98. The molecule has 3 aromatic rings. The van der Waals surface area contributed by atoms with Gasteiger partial charge in [0.25, 0.3) is 5.56 Å². The third kappa shape index (κ3) is 6.17. The standard InChI is InChI=1S/C24H27BrClN3O2/c1-5-6-7-22-28-20-10-9-17(25)13-18(20)23(30)29(22)27-14-16-8-11-21(19(26)12-16)31-15-24(2,3)4/h8-14H,5-7,15H2,1-4H3. The highest BCUT2D eigenvalue weighted by atomic mass is 79.9. The number of hydrogen-bond acceptors (Lipinski definition) is 4. The van der Waals surface area contributed by atoms with Gasteiger partial charge in [-0.3, -0.25) is 4.79 Å². The first-order chi connectivity index (χ1) is 14.7. The molecule has 0 amide bonds. The van der Waals surface area contributed by atoms with Gasteiger partial charge in [-0.15, -0.1) is 0 Å². The van der Waals surface area contributed by atoms with Gasteiger partial charge in [0.05, 0.1) is 28.7 Å². The normalized spacial score (nSPS) is 12.1. The van der Waals surface area contributed by atoms with Gasteiger partial charge in [-0.25, -0.2) is 4.98 Å². The minimum Gasteiger partial charge on any atom is -0.491 e. The predicted molar refractivity (Wildman–Crippen MR) is 132 cm³/mol. The van der Waals surface area contributed by atoms with Gasteiger partial charge in [0.2, 0.25) is 0 Å². The van der Waals surface area contributed by atoms with E-state index in [0.717, 1.165) is 22.9 Å². The molecule has 1 heterocycles. The van der Waals surface area contributed by atoms with Gasteiger partial charge < -0.3 is 4.74 Å². The molecule has 164 valence electrons. The number of ether oxygens (including phenoxy) is 1. The van der Waals surface area contributed by atoms with E-state index in [2.05, 4.69) is 53.7 Å². The quantitative estimate of drug-likeness (QED) is 0.347. The summed E-state index contributed by atoms with van der Waals surface area (Å²) >= 11 is 9.82. The number of benzene rings is 2. The average molecular weight is 505 g/mol.